The third-order valence-electron chi connectivity index (χ3n) is 3.86. The summed E-state index contributed by atoms with van der Waals surface area (Å²) < 4.78 is 30.3. The Hall–Kier alpha value is -2.34. The number of sulfonamides is 1. The van der Waals surface area contributed by atoms with Gasteiger partial charge in [-0.15, -0.1) is 0 Å². The molecule has 2 aromatic heterocycles. The van der Waals surface area contributed by atoms with Crippen molar-refractivity contribution in [2.75, 3.05) is 4.72 Å². The first-order valence-corrected chi connectivity index (χ1v) is 8.94. The maximum atomic E-state index is 12.9. The van der Waals surface area contributed by atoms with Crippen LogP contribution in [0.15, 0.2) is 47.6 Å². The maximum Gasteiger partial charge on any atom is 0.264 e. The highest BCUT2D eigenvalue weighted by molar-refractivity contribution is 7.93. The number of benzene rings is 1. The van der Waals surface area contributed by atoms with E-state index in [1.165, 1.54) is 0 Å². The van der Waals surface area contributed by atoms with Gasteiger partial charge in [0.05, 0.1) is 5.69 Å². The lowest BCUT2D eigenvalue weighted by molar-refractivity contribution is 0.601. The summed E-state index contributed by atoms with van der Waals surface area (Å²) in [6.45, 7) is 6.44. The van der Waals surface area contributed by atoms with Crippen LogP contribution in [0.1, 0.15) is 18.1 Å². The first-order chi connectivity index (χ1) is 10.9. The number of rotatable bonds is 4. The monoisotopic (exact) mass is 329 g/mol. The molecule has 2 heterocycles. The summed E-state index contributed by atoms with van der Waals surface area (Å²) in [5.41, 5.74) is 3.17. The van der Waals surface area contributed by atoms with Crippen LogP contribution < -0.4 is 4.72 Å². The van der Waals surface area contributed by atoms with Crippen LogP contribution in [0.25, 0.3) is 11.0 Å². The molecule has 0 spiro atoms. The Labute approximate surface area is 136 Å². The van der Waals surface area contributed by atoms with Gasteiger partial charge in [0.25, 0.3) is 10.0 Å². The number of aromatic nitrogens is 2. The Kier molecular flexibility index (Phi) is 3.85. The van der Waals surface area contributed by atoms with Gasteiger partial charge in [0.1, 0.15) is 10.5 Å². The molecular formula is C17H19N3O2S. The summed E-state index contributed by atoms with van der Waals surface area (Å²) in [6, 6.07) is 9.24. The smallest absolute Gasteiger partial charge is 0.264 e. The summed E-state index contributed by atoms with van der Waals surface area (Å²) in [7, 11) is -3.68. The predicted octanol–water partition coefficient (Wildman–Crippen LogP) is 3.47. The van der Waals surface area contributed by atoms with Gasteiger partial charge in [-0.1, -0.05) is 12.1 Å². The molecule has 1 N–H and O–H groups in total. The molecule has 0 unspecified atom stereocenters. The molecule has 0 aliphatic rings. The van der Waals surface area contributed by atoms with Crippen LogP contribution >= 0.6 is 0 Å². The number of nitrogens with one attached hydrogen (secondary N) is 1. The van der Waals surface area contributed by atoms with Crippen molar-refractivity contribution < 1.29 is 8.42 Å². The van der Waals surface area contributed by atoms with Crippen molar-refractivity contribution in [2.24, 2.45) is 0 Å². The van der Waals surface area contributed by atoms with Crippen LogP contribution in [0.4, 0.5) is 5.69 Å². The van der Waals surface area contributed by atoms with E-state index in [9.17, 15) is 8.42 Å². The zero-order valence-electron chi connectivity index (χ0n) is 13.4. The summed E-state index contributed by atoms with van der Waals surface area (Å²) in [6.07, 6.45) is 3.31. The van der Waals surface area contributed by atoms with Gasteiger partial charge in [0.15, 0.2) is 0 Å². The Bertz CT molecular complexity index is 975. The first-order valence-electron chi connectivity index (χ1n) is 7.46. The van der Waals surface area contributed by atoms with Crippen molar-refractivity contribution in [1.29, 1.82) is 0 Å². The van der Waals surface area contributed by atoms with E-state index in [1.54, 1.807) is 24.5 Å². The maximum absolute atomic E-state index is 12.9. The van der Waals surface area contributed by atoms with Crippen molar-refractivity contribution in [1.82, 2.24) is 9.55 Å². The highest BCUT2D eigenvalue weighted by Crippen LogP contribution is 2.27. The average Bonchev–Trinajstić information content (AvgIpc) is 2.90. The third-order valence-corrected chi connectivity index (χ3v) is 5.26. The number of aryl methyl sites for hydroxylation is 3. The molecule has 23 heavy (non-hydrogen) atoms. The largest absolute Gasteiger partial charge is 0.331 e. The number of hydrogen-bond donors (Lipinski definition) is 1. The summed E-state index contributed by atoms with van der Waals surface area (Å²) >= 11 is 0. The molecule has 0 amide bonds. The fourth-order valence-electron chi connectivity index (χ4n) is 2.59. The molecule has 120 valence electrons. The molecule has 0 radical (unpaired) electrons. The van der Waals surface area contributed by atoms with Gasteiger partial charge in [-0.3, -0.25) is 4.72 Å². The van der Waals surface area contributed by atoms with Gasteiger partial charge in [0.2, 0.25) is 0 Å². The molecule has 0 aliphatic carbocycles. The molecule has 0 saturated carbocycles. The second kappa shape index (κ2) is 5.70. The molecule has 3 rings (SSSR count). The van der Waals surface area contributed by atoms with E-state index >= 15 is 0 Å². The fourth-order valence-corrected chi connectivity index (χ4v) is 3.93. The quantitative estimate of drug-likeness (QED) is 0.797. The van der Waals surface area contributed by atoms with Gasteiger partial charge >= 0.3 is 0 Å². The second-order valence-electron chi connectivity index (χ2n) is 5.58. The minimum atomic E-state index is -3.68. The normalized spacial score (nSPS) is 11.8. The van der Waals surface area contributed by atoms with Crippen LogP contribution in [-0.2, 0) is 16.6 Å². The lowest BCUT2D eigenvalue weighted by Gasteiger charge is -2.10. The van der Waals surface area contributed by atoms with E-state index in [1.807, 2.05) is 43.5 Å². The Morgan fingerprint density at radius 3 is 2.74 bits per heavy atom. The van der Waals surface area contributed by atoms with Crippen molar-refractivity contribution in [3.8, 4) is 0 Å². The predicted molar refractivity (Wildman–Crippen MR) is 92.1 cm³/mol. The van der Waals surface area contributed by atoms with Crippen LogP contribution in [0.2, 0.25) is 0 Å². The molecule has 0 bridgehead atoms. The molecule has 0 fully saturated rings. The molecule has 1 aromatic carbocycles. The molecule has 0 atom stereocenters. The fraction of sp³-hybridized carbons (Fsp3) is 0.235. The minimum absolute atomic E-state index is 0.253. The molecule has 0 saturated heterocycles. The Morgan fingerprint density at radius 1 is 1.22 bits per heavy atom. The lowest BCUT2D eigenvalue weighted by atomic mass is 10.1. The first kappa shape index (κ1) is 15.6. The summed E-state index contributed by atoms with van der Waals surface area (Å²) in [4.78, 5) is 4.55. The number of pyridine rings is 1. The topological polar surface area (TPSA) is 64.0 Å². The van der Waals surface area contributed by atoms with E-state index in [0.717, 1.165) is 11.1 Å². The van der Waals surface area contributed by atoms with Gasteiger partial charge in [-0.05, 0) is 50.1 Å². The van der Waals surface area contributed by atoms with Crippen molar-refractivity contribution in [2.45, 2.75) is 32.2 Å². The van der Waals surface area contributed by atoms with Crippen LogP contribution in [-0.4, -0.2) is 18.0 Å². The average molecular weight is 329 g/mol. The number of nitrogens with zero attached hydrogens (tertiary/aromatic N) is 2. The number of anilines is 1. The van der Waals surface area contributed by atoms with Gasteiger partial charge in [-0.2, -0.15) is 0 Å². The van der Waals surface area contributed by atoms with E-state index in [-0.39, 0.29) is 4.90 Å². The van der Waals surface area contributed by atoms with Crippen LogP contribution in [0.3, 0.4) is 0 Å². The van der Waals surface area contributed by atoms with Crippen molar-refractivity contribution in [3.63, 3.8) is 0 Å². The molecule has 3 aromatic rings. The highest BCUT2D eigenvalue weighted by atomic mass is 32.2. The second-order valence-corrected chi connectivity index (χ2v) is 7.23. The van der Waals surface area contributed by atoms with Gasteiger partial charge < -0.3 is 4.57 Å². The van der Waals surface area contributed by atoms with E-state index in [4.69, 9.17) is 0 Å². The van der Waals surface area contributed by atoms with E-state index < -0.39 is 10.0 Å². The van der Waals surface area contributed by atoms with E-state index in [2.05, 4.69) is 9.71 Å². The van der Waals surface area contributed by atoms with Crippen molar-refractivity contribution >= 4 is 26.7 Å². The Morgan fingerprint density at radius 2 is 2.00 bits per heavy atom. The molecular weight excluding hydrogens is 310 g/mol. The zero-order chi connectivity index (χ0) is 16.6. The van der Waals surface area contributed by atoms with Crippen molar-refractivity contribution in [3.05, 3.63) is 53.9 Å². The summed E-state index contributed by atoms with van der Waals surface area (Å²) in [5.74, 6) is 0. The minimum Gasteiger partial charge on any atom is -0.331 e. The third kappa shape index (κ3) is 2.82. The van der Waals surface area contributed by atoms with E-state index in [0.29, 0.717) is 23.3 Å². The number of hydrogen-bond acceptors (Lipinski definition) is 3. The SMILES string of the molecule is CCn1cc(S(=O)(=O)Nc2cc(C)ccc2C)c2cccnc21. The van der Waals surface area contributed by atoms with Crippen LogP contribution in [0, 0.1) is 13.8 Å². The number of fused-ring (bicyclic) bond motifs is 1. The molecule has 6 heteroatoms. The molecule has 5 nitrogen and oxygen atoms in total. The van der Waals surface area contributed by atoms with Crippen LogP contribution in [0.5, 0.6) is 0 Å². The molecule has 0 aliphatic heterocycles. The standard InChI is InChI=1S/C17H19N3O2S/c1-4-20-11-16(14-6-5-9-18-17(14)20)23(21,22)19-15-10-12(2)7-8-13(15)3/h5-11,19H,4H2,1-3H3. The lowest BCUT2D eigenvalue weighted by Crippen LogP contribution is -2.13. The Balaban J connectivity index is 2.12. The van der Waals surface area contributed by atoms with Gasteiger partial charge in [-0.25, -0.2) is 13.4 Å². The summed E-state index contributed by atoms with van der Waals surface area (Å²) in [5, 5.41) is 0.632. The highest BCUT2D eigenvalue weighted by Gasteiger charge is 2.22. The van der Waals surface area contributed by atoms with Gasteiger partial charge in [0, 0.05) is 24.3 Å². The zero-order valence-corrected chi connectivity index (χ0v) is 14.2.